The van der Waals surface area contributed by atoms with Crippen LogP contribution in [0.15, 0.2) is 60.7 Å². The minimum atomic E-state index is -3.79. The zero-order chi connectivity index (χ0) is 21.9. The van der Waals surface area contributed by atoms with Crippen LogP contribution < -0.4 is 14.4 Å². The third-order valence-corrected chi connectivity index (χ3v) is 6.21. The molecular weight excluding hydrogens is 424 g/mol. The first-order chi connectivity index (χ1) is 14.2. The first-order valence-electron chi connectivity index (χ1n) is 9.29. The van der Waals surface area contributed by atoms with E-state index >= 15 is 0 Å². The van der Waals surface area contributed by atoms with Gasteiger partial charge >= 0.3 is 0 Å². The normalized spacial score (nSPS) is 12.4. The van der Waals surface area contributed by atoms with Crippen molar-refractivity contribution < 1.29 is 17.9 Å². The van der Waals surface area contributed by atoms with Gasteiger partial charge in [-0.3, -0.25) is 9.10 Å². The molecule has 158 valence electrons. The van der Waals surface area contributed by atoms with E-state index in [2.05, 4.69) is 5.32 Å². The second-order valence-electron chi connectivity index (χ2n) is 6.95. The maximum atomic E-state index is 12.8. The number of sulfonamides is 1. The predicted molar refractivity (Wildman–Crippen MR) is 121 cm³/mol. The molecular formula is C22H23ClN2O4S. The molecule has 0 radical (unpaired) electrons. The molecule has 0 aliphatic rings. The number of hydrogen-bond acceptors (Lipinski definition) is 4. The molecule has 0 heterocycles. The second-order valence-corrected chi connectivity index (χ2v) is 9.25. The highest BCUT2D eigenvalue weighted by Crippen LogP contribution is 2.34. The van der Waals surface area contributed by atoms with Gasteiger partial charge in [-0.05, 0) is 47.5 Å². The van der Waals surface area contributed by atoms with Crippen molar-refractivity contribution >= 4 is 44.0 Å². The number of nitrogens with one attached hydrogen (secondary N) is 1. The van der Waals surface area contributed by atoms with Gasteiger partial charge in [0, 0.05) is 11.6 Å². The fourth-order valence-corrected chi connectivity index (χ4v) is 4.64. The van der Waals surface area contributed by atoms with Gasteiger partial charge in [0.05, 0.1) is 19.1 Å². The first-order valence-corrected chi connectivity index (χ1v) is 11.5. The number of carbonyl (C=O) groups excluding carboxylic acids is 1. The number of anilines is 1. The molecule has 0 aliphatic carbocycles. The van der Waals surface area contributed by atoms with E-state index in [1.807, 2.05) is 42.5 Å². The van der Waals surface area contributed by atoms with Crippen molar-refractivity contribution in [2.45, 2.75) is 19.5 Å². The van der Waals surface area contributed by atoms with Crippen molar-refractivity contribution in [3.63, 3.8) is 0 Å². The lowest BCUT2D eigenvalue weighted by Crippen LogP contribution is -2.47. The predicted octanol–water partition coefficient (Wildman–Crippen LogP) is 3.97. The van der Waals surface area contributed by atoms with Gasteiger partial charge in [-0.15, -0.1) is 0 Å². The Bertz CT molecular complexity index is 1180. The molecule has 6 nitrogen and oxygen atoms in total. The Balaban J connectivity index is 1.83. The van der Waals surface area contributed by atoms with E-state index in [4.69, 9.17) is 16.3 Å². The summed E-state index contributed by atoms with van der Waals surface area (Å²) >= 11 is 6.06. The zero-order valence-corrected chi connectivity index (χ0v) is 18.5. The number of amides is 1. The van der Waals surface area contributed by atoms with Crippen LogP contribution in [-0.2, 0) is 21.4 Å². The number of fused-ring (bicyclic) bond motifs is 1. The van der Waals surface area contributed by atoms with E-state index in [1.54, 1.807) is 12.1 Å². The summed E-state index contributed by atoms with van der Waals surface area (Å²) in [5, 5.41) is 5.33. The Labute approximate surface area is 181 Å². The van der Waals surface area contributed by atoms with Gasteiger partial charge in [0.2, 0.25) is 15.9 Å². The van der Waals surface area contributed by atoms with Crippen LogP contribution in [0.1, 0.15) is 12.5 Å². The fourth-order valence-electron chi connectivity index (χ4n) is 3.30. The summed E-state index contributed by atoms with van der Waals surface area (Å²) in [5.41, 5.74) is 1.13. The summed E-state index contributed by atoms with van der Waals surface area (Å²) in [6, 6.07) is 17.5. The molecule has 30 heavy (non-hydrogen) atoms. The van der Waals surface area contributed by atoms with Gasteiger partial charge in [-0.25, -0.2) is 8.42 Å². The van der Waals surface area contributed by atoms with E-state index in [0.717, 1.165) is 26.9 Å². The Morgan fingerprint density at radius 1 is 1.10 bits per heavy atom. The van der Waals surface area contributed by atoms with Gasteiger partial charge in [-0.1, -0.05) is 48.0 Å². The quantitative estimate of drug-likeness (QED) is 0.595. The molecule has 1 N–H and O–H groups in total. The maximum Gasteiger partial charge on any atom is 0.243 e. The molecule has 3 rings (SSSR count). The van der Waals surface area contributed by atoms with Crippen LogP contribution in [0.5, 0.6) is 5.75 Å². The summed E-state index contributed by atoms with van der Waals surface area (Å²) < 4.78 is 31.4. The van der Waals surface area contributed by atoms with Crippen molar-refractivity contribution in [2.24, 2.45) is 0 Å². The Kier molecular flexibility index (Phi) is 6.53. The summed E-state index contributed by atoms with van der Waals surface area (Å²) in [4.78, 5) is 12.8. The smallest absolute Gasteiger partial charge is 0.243 e. The van der Waals surface area contributed by atoms with Crippen LogP contribution in [0.3, 0.4) is 0 Å². The number of ether oxygens (including phenoxy) is 1. The number of carbonyl (C=O) groups is 1. The van der Waals surface area contributed by atoms with Gasteiger partial charge < -0.3 is 10.1 Å². The average Bonchev–Trinajstić information content (AvgIpc) is 2.71. The number of methoxy groups -OCH3 is 1. The van der Waals surface area contributed by atoms with Crippen LogP contribution in [0.2, 0.25) is 5.02 Å². The number of nitrogens with zero attached hydrogens (tertiary/aromatic N) is 1. The maximum absolute atomic E-state index is 12.8. The summed E-state index contributed by atoms with van der Waals surface area (Å²) in [6.07, 6.45) is 1.04. The highest BCUT2D eigenvalue weighted by molar-refractivity contribution is 7.92. The number of rotatable bonds is 7. The molecule has 0 bridgehead atoms. The van der Waals surface area contributed by atoms with Crippen LogP contribution >= 0.6 is 11.6 Å². The number of halogens is 1. The van der Waals surface area contributed by atoms with Gasteiger partial charge in [-0.2, -0.15) is 0 Å². The molecule has 0 unspecified atom stereocenters. The monoisotopic (exact) mass is 446 g/mol. The van der Waals surface area contributed by atoms with E-state index in [0.29, 0.717) is 10.8 Å². The highest BCUT2D eigenvalue weighted by Gasteiger charge is 2.31. The average molecular weight is 447 g/mol. The van der Waals surface area contributed by atoms with Crippen LogP contribution in [0.4, 0.5) is 5.69 Å². The molecule has 0 fully saturated rings. The SMILES string of the molecule is COc1ccc(Cl)cc1N([C@H](C)C(=O)NCc1ccc2ccccc2c1)S(C)(=O)=O. The summed E-state index contributed by atoms with van der Waals surface area (Å²) in [5.74, 6) is -0.130. The van der Waals surface area contributed by atoms with Crippen molar-refractivity contribution in [2.75, 3.05) is 17.7 Å². The molecule has 0 aromatic heterocycles. The van der Waals surface area contributed by atoms with Crippen molar-refractivity contribution in [1.82, 2.24) is 5.32 Å². The molecule has 0 saturated carbocycles. The standard InChI is InChI=1S/C22H23ClN2O4S/c1-15(25(30(3,27)28)20-13-19(23)10-11-21(20)29-2)22(26)24-14-16-8-9-17-6-4-5-7-18(17)12-16/h4-13,15H,14H2,1-3H3,(H,24,26)/t15-/m1/s1. The lowest BCUT2D eigenvalue weighted by molar-refractivity contribution is -0.122. The van der Waals surface area contributed by atoms with Crippen molar-refractivity contribution in [1.29, 1.82) is 0 Å². The summed E-state index contributed by atoms with van der Waals surface area (Å²) in [6.45, 7) is 1.80. The molecule has 0 saturated heterocycles. The molecule has 1 amide bonds. The van der Waals surface area contributed by atoms with Crippen molar-refractivity contribution in [3.05, 3.63) is 71.2 Å². The Hall–Kier alpha value is -2.77. The third kappa shape index (κ3) is 4.86. The van der Waals surface area contributed by atoms with Gasteiger partial charge in [0.15, 0.2) is 0 Å². The van der Waals surface area contributed by atoms with E-state index in [9.17, 15) is 13.2 Å². The zero-order valence-electron chi connectivity index (χ0n) is 16.9. The molecule has 3 aromatic carbocycles. The van der Waals surface area contributed by atoms with Gasteiger partial charge in [0.25, 0.3) is 0 Å². The highest BCUT2D eigenvalue weighted by atomic mass is 35.5. The molecule has 0 aliphatic heterocycles. The van der Waals surface area contributed by atoms with E-state index in [-0.39, 0.29) is 12.2 Å². The van der Waals surface area contributed by atoms with Crippen LogP contribution in [0.25, 0.3) is 10.8 Å². The van der Waals surface area contributed by atoms with Crippen molar-refractivity contribution in [3.8, 4) is 5.75 Å². The Morgan fingerprint density at radius 3 is 2.47 bits per heavy atom. The summed E-state index contributed by atoms with van der Waals surface area (Å²) in [7, 11) is -2.36. The fraction of sp³-hybridized carbons (Fsp3) is 0.227. The molecule has 8 heteroatoms. The first kappa shape index (κ1) is 21.9. The Morgan fingerprint density at radius 2 is 1.80 bits per heavy atom. The number of hydrogen-bond donors (Lipinski definition) is 1. The second kappa shape index (κ2) is 8.93. The lowest BCUT2D eigenvalue weighted by atomic mass is 10.1. The molecule has 0 spiro atoms. The van der Waals surface area contributed by atoms with Crippen LogP contribution in [-0.4, -0.2) is 33.7 Å². The minimum absolute atomic E-state index is 0.209. The van der Waals surface area contributed by atoms with E-state index < -0.39 is 22.0 Å². The third-order valence-electron chi connectivity index (χ3n) is 4.75. The molecule has 3 aromatic rings. The number of benzene rings is 3. The lowest BCUT2D eigenvalue weighted by Gasteiger charge is -2.29. The topological polar surface area (TPSA) is 75.7 Å². The minimum Gasteiger partial charge on any atom is -0.495 e. The van der Waals surface area contributed by atoms with Gasteiger partial charge in [0.1, 0.15) is 11.8 Å². The largest absolute Gasteiger partial charge is 0.495 e. The van der Waals surface area contributed by atoms with Crippen LogP contribution in [0, 0.1) is 0 Å². The van der Waals surface area contributed by atoms with E-state index in [1.165, 1.54) is 20.1 Å². The molecule has 1 atom stereocenters.